The van der Waals surface area contributed by atoms with Crippen LogP contribution in [0.4, 0.5) is 4.79 Å². The first-order valence-electron chi connectivity index (χ1n) is 8.01. The summed E-state index contributed by atoms with van der Waals surface area (Å²) in [5.41, 5.74) is 0.675. The second kappa shape index (κ2) is 7.23. The van der Waals surface area contributed by atoms with Crippen LogP contribution in [0.15, 0.2) is 42.5 Å². The molecule has 0 radical (unpaired) electrons. The van der Waals surface area contributed by atoms with Crippen molar-refractivity contribution < 1.29 is 23.7 Å². The van der Waals surface area contributed by atoms with Gasteiger partial charge in [0.15, 0.2) is 0 Å². The molecule has 1 aromatic rings. The fraction of sp³-hybridized carbons (Fsp3) is 0.444. The predicted molar refractivity (Wildman–Crippen MR) is 87.0 cm³/mol. The van der Waals surface area contributed by atoms with Gasteiger partial charge in [-0.05, 0) is 11.6 Å². The van der Waals surface area contributed by atoms with Crippen molar-refractivity contribution in [2.45, 2.75) is 25.5 Å². The Morgan fingerprint density at radius 2 is 1.96 bits per heavy atom. The first-order chi connectivity index (χ1) is 12.1. The number of amides is 1. The first-order valence-corrected chi connectivity index (χ1v) is 8.01. The average molecular weight is 344 g/mol. The van der Waals surface area contributed by atoms with Crippen molar-refractivity contribution >= 4 is 6.09 Å². The van der Waals surface area contributed by atoms with Crippen LogP contribution in [0.5, 0.6) is 0 Å². The number of nitriles is 1. The smallest absolute Gasteiger partial charge is 0.408 e. The number of carbonyl (C=O) groups excluding carboxylic acids is 1. The van der Waals surface area contributed by atoms with Gasteiger partial charge in [0.1, 0.15) is 12.6 Å². The summed E-state index contributed by atoms with van der Waals surface area (Å²) in [7, 11) is 0. The summed E-state index contributed by atoms with van der Waals surface area (Å²) in [6, 6.07) is 10.4. The van der Waals surface area contributed by atoms with Crippen LogP contribution in [0.25, 0.3) is 0 Å². The molecule has 0 saturated carbocycles. The van der Waals surface area contributed by atoms with Crippen LogP contribution < -0.4 is 5.32 Å². The third-order valence-corrected chi connectivity index (χ3v) is 4.10. The van der Waals surface area contributed by atoms with E-state index in [2.05, 4.69) is 5.32 Å². The van der Waals surface area contributed by atoms with E-state index in [1.165, 1.54) is 12.2 Å². The van der Waals surface area contributed by atoms with Gasteiger partial charge in [-0.2, -0.15) is 5.26 Å². The number of hydrogen-bond donors (Lipinski definition) is 1. The third-order valence-electron chi connectivity index (χ3n) is 4.10. The molecular weight excluding hydrogens is 324 g/mol. The summed E-state index contributed by atoms with van der Waals surface area (Å²) in [6.45, 7) is 3.48. The van der Waals surface area contributed by atoms with Crippen LogP contribution in [0, 0.1) is 16.7 Å². The summed E-state index contributed by atoms with van der Waals surface area (Å²) in [6.07, 6.45) is 2.06. The molecule has 1 aromatic carbocycles. The van der Waals surface area contributed by atoms with Gasteiger partial charge in [-0.3, -0.25) is 0 Å². The quantitative estimate of drug-likeness (QED) is 0.823. The van der Waals surface area contributed by atoms with Crippen LogP contribution >= 0.6 is 0 Å². The number of rotatable bonds is 5. The highest BCUT2D eigenvalue weighted by atomic mass is 16.9. The molecule has 3 aliphatic heterocycles. The summed E-state index contributed by atoms with van der Waals surface area (Å²) < 4.78 is 22.4. The van der Waals surface area contributed by atoms with Crippen molar-refractivity contribution in [1.29, 1.82) is 5.26 Å². The Labute approximate surface area is 146 Å². The summed E-state index contributed by atoms with van der Waals surface area (Å²) in [5, 5.41) is 11.5. The molecule has 0 spiro atoms. The van der Waals surface area contributed by atoms with Crippen molar-refractivity contribution in [2.75, 3.05) is 19.8 Å². The summed E-state index contributed by atoms with van der Waals surface area (Å²) in [4.78, 5) is 12.1. The monoisotopic (exact) mass is 344 g/mol. The number of fused-ring (bicyclic) bond motifs is 3. The molecule has 0 aromatic heterocycles. The van der Waals surface area contributed by atoms with Gasteiger partial charge in [0.2, 0.25) is 0 Å². The number of alkyl carbamates (subject to hydrolysis) is 1. The van der Waals surface area contributed by atoms with E-state index < -0.39 is 18.1 Å². The Balaban J connectivity index is 1.64. The van der Waals surface area contributed by atoms with Gasteiger partial charge in [-0.15, -0.1) is 0 Å². The van der Waals surface area contributed by atoms with Crippen LogP contribution in [0.1, 0.15) is 12.5 Å². The van der Waals surface area contributed by atoms with Crippen molar-refractivity contribution in [2.24, 2.45) is 5.41 Å². The molecule has 3 aliphatic rings. The molecule has 2 bridgehead atoms. The molecule has 1 N–H and O–H groups in total. The molecule has 3 saturated heterocycles. The lowest BCUT2D eigenvalue weighted by atomic mass is 9.91. The van der Waals surface area contributed by atoms with Crippen LogP contribution in [-0.2, 0) is 25.6 Å². The van der Waals surface area contributed by atoms with Gasteiger partial charge in [0.25, 0.3) is 0 Å². The SMILES string of the molecule is CC12COC([C@H](/C=C\C#N)NC(=O)OCc3ccccc3)(OC1)OC2. The number of ether oxygens (including phenoxy) is 4. The van der Waals surface area contributed by atoms with Crippen LogP contribution in [-0.4, -0.2) is 37.9 Å². The minimum Gasteiger partial charge on any atom is -0.445 e. The normalized spacial score (nSPS) is 29.1. The molecule has 7 heteroatoms. The Morgan fingerprint density at radius 3 is 2.56 bits per heavy atom. The number of benzene rings is 1. The highest BCUT2D eigenvalue weighted by Crippen LogP contribution is 2.40. The molecule has 0 unspecified atom stereocenters. The molecule has 7 nitrogen and oxygen atoms in total. The first kappa shape index (κ1) is 17.4. The fourth-order valence-electron chi connectivity index (χ4n) is 2.63. The van der Waals surface area contributed by atoms with Gasteiger partial charge in [-0.25, -0.2) is 4.79 Å². The molecule has 0 aliphatic carbocycles. The van der Waals surface area contributed by atoms with E-state index in [4.69, 9.17) is 24.2 Å². The van der Waals surface area contributed by atoms with Crippen molar-refractivity contribution in [3.8, 4) is 6.07 Å². The molecule has 1 atom stereocenters. The molecule has 4 rings (SSSR count). The van der Waals surface area contributed by atoms with E-state index in [1.807, 2.05) is 43.3 Å². The van der Waals surface area contributed by atoms with Crippen molar-refractivity contribution in [1.82, 2.24) is 5.32 Å². The lowest BCUT2D eigenvalue weighted by Crippen LogP contribution is -2.66. The average Bonchev–Trinajstić information content (AvgIpc) is 2.65. The zero-order chi connectivity index (χ0) is 17.8. The largest absolute Gasteiger partial charge is 0.445 e. The summed E-state index contributed by atoms with van der Waals surface area (Å²) >= 11 is 0. The second-order valence-corrected chi connectivity index (χ2v) is 6.45. The van der Waals surface area contributed by atoms with Gasteiger partial charge in [0, 0.05) is 11.5 Å². The van der Waals surface area contributed by atoms with Crippen molar-refractivity contribution in [3.63, 3.8) is 0 Å². The second-order valence-electron chi connectivity index (χ2n) is 6.45. The number of allylic oxidation sites excluding steroid dienone is 1. The van der Waals surface area contributed by atoms with Gasteiger partial charge < -0.3 is 24.3 Å². The minimum atomic E-state index is -1.43. The number of nitrogens with one attached hydrogen (secondary N) is 1. The molecule has 3 fully saturated rings. The molecule has 25 heavy (non-hydrogen) atoms. The Hall–Kier alpha value is -2.40. The highest BCUT2D eigenvalue weighted by Gasteiger charge is 2.55. The van der Waals surface area contributed by atoms with E-state index >= 15 is 0 Å². The number of hydrogen-bond acceptors (Lipinski definition) is 6. The third kappa shape index (κ3) is 3.99. The topological polar surface area (TPSA) is 89.8 Å². The van der Waals surface area contributed by atoms with Gasteiger partial charge >= 0.3 is 12.1 Å². The number of nitrogens with zero attached hydrogens (tertiary/aromatic N) is 1. The zero-order valence-corrected chi connectivity index (χ0v) is 13.9. The lowest BCUT2D eigenvalue weighted by molar-refractivity contribution is -0.469. The van der Waals surface area contributed by atoms with Crippen LogP contribution in [0.3, 0.4) is 0 Å². The maximum atomic E-state index is 12.1. The molecule has 1 amide bonds. The maximum Gasteiger partial charge on any atom is 0.408 e. The van der Waals surface area contributed by atoms with Crippen molar-refractivity contribution in [3.05, 3.63) is 48.0 Å². The number of carbonyl (C=O) groups is 1. The van der Waals surface area contributed by atoms with E-state index in [0.717, 1.165) is 5.56 Å². The highest BCUT2D eigenvalue weighted by molar-refractivity contribution is 5.68. The Kier molecular flexibility index (Phi) is 5.04. The molecule has 3 heterocycles. The molecule has 132 valence electrons. The summed E-state index contributed by atoms with van der Waals surface area (Å²) in [5.74, 6) is -1.43. The van der Waals surface area contributed by atoms with Gasteiger partial charge in [-0.1, -0.05) is 37.3 Å². The Bertz CT molecular complexity index is 658. The van der Waals surface area contributed by atoms with Crippen LogP contribution in [0.2, 0.25) is 0 Å². The fourth-order valence-corrected chi connectivity index (χ4v) is 2.63. The minimum absolute atomic E-state index is 0.134. The maximum absolute atomic E-state index is 12.1. The van der Waals surface area contributed by atoms with Gasteiger partial charge in [0.05, 0.1) is 25.9 Å². The lowest BCUT2D eigenvalue weighted by Gasteiger charge is -2.52. The zero-order valence-electron chi connectivity index (χ0n) is 13.9. The molecular formula is C18H20N2O5. The van der Waals surface area contributed by atoms with E-state index in [1.54, 1.807) is 0 Å². The van der Waals surface area contributed by atoms with E-state index in [0.29, 0.717) is 19.8 Å². The Morgan fingerprint density at radius 1 is 1.32 bits per heavy atom. The standard InChI is InChI=1S/C18H20N2O5/c1-17-11-23-18(24-12-17,25-13-17)15(8-5-9-19)20-16(21)22-10-14-6-3-2-4-7-14/h2-8,15H,10-13H2,1H3,(H,20,21)/b8-5-/t15-,17?,18?/m0/s1. The van der Waals surface area contributed by atoms with E-state index in [9.17, 15) is 4.79 Å². The van der Waals surface area contributed by atoms with E-state index in [-0.39, 0.29) is 12.0 Å². The predicted octanol–water partition coefficient (Wildman–Crippen LogP) is 2.10.